The minimum absolute atomic E-state index is 0.0905. The maximum Gasteiger partial charge on any atom is 0.226 e. The lowest BCUT2D eigenvalue weighted by molar-refractivity contribution is -0.120. The average molecular weight is 492 g/mol. The summed E-state index contributed by atoms with van der Waals surface area (Å²) in [7, 11) is 0. The van der Waals surface area contributed by atoms with E-state index in [2.05, 4.69) is 32.6 Å². The van der Waals surface area contributed by atoms with Crippen LogP contribution in [0.5, 0.6) is 5.75 Å². The lowest BCUT2D eigenvalue weighted by Crippen LogP contribution is -2.29. The van der Waals surface area contributed by atoms with E-state index in [4.69, 9.17) is 10.00 Å². The molecule has 0 heterocycles. The fourth-order valence-corrected chi connectivity index (χ4v) is 3.42. The second kappa shape index (κ2) is 11.1. The highest BCUT2D eigenvalue weighted by Crippen LogP contribution is 2.22. The highest BCUT2D eigenvalue weighted by Gasteiger charge is 2.17. The molecule has 0 radical (unpaired) electrons. The monoisotopic (exact) mass is 491 g/mol. The van der Waals surface area contributed by atoms with Gasteiger partial charge in [0.15, 0.2) is 0 Å². The van der Waals surface area contributed by atoms with Gasteiger partial charge in [-0.2, -0.15) is 5.26 Å². The van der Waals surface area contributed by atoms with E-state index >= 15 is 0 Å². The van der Waals surface area contributed by atoms with Gasteiger partial charge in [0.1, 0.15) is 12.4 Å². The minimum atomic E-state index is -0.438. The van der Waals surface area contributed by atoms with Crippen molar-refractivity contribution >= 4 is 33.4 Å². The Morgan fingerprint density at radius 1 is 1.06 bits per heavy atom. The molecule has 7 heteroatoms. The summed E-state index contributed by atoms with van der Waals surface area (Å²) >= 11 is 3.39. The van der Waals surface area contributed by atoms with Gasteiger partial charge in [-0.15, -0.1) is 0 Å². The van der Waals surface area contributed by atoms with Crippen molar-refractivity contribution in [2.45, 2.75) is 26.0 Å². The van der Waals surface area contributed by atoms with Crippen molar-refractivity contribution in [1.82, 2.24) is 5.32 Å². The Morgan fingerprint density at radius 3 is 2.53 bits per heavy atom. The van der Waals surface area contributed by atoms with Gasteiger partial charge in [0, 0.05) is 23.2 Å². The van der Waals surface area contributed by atoms with Gasteiger partial charge < -0.3 is 15.4 Å². The molecule has 0 aliphatic carbocycles. The molecule has 1 unspecified atom stereocenters. The van der Waals surface area contributed by atoms with Gasteiger partial charge in [-0.25, -0.2) is 0 Å². The van der Waals surface area contributed by atoms with Crippen LogP contribution in [-0.4, -0.2) is 11.8 Å². The van der Waals surface area contributed by atoms with E-state index < -0.39 is 6.04 Å². The zero-order valence-corrected chi connectivity index (χ0v) is 19.1. The second-order valence-corrected chi connectivity index (χ2v) is 8.10. The smallest absolute Gasteiger partial charge is 0.226 e. The van der Waals surface area contributed by atoms with Gasteiger partial charge in [-0.3, -0.25) is 9.59 Å². The van der Waals surface area contributed by atoms with Gasteiger partial charge in [0.25, 0.3) is 0 Å². The van der Waals surface area contributed by atoms with Crippen molar-refractivity contribution in [2.24, 2.45) is 0 Å². The van der Waals surface area contributed by atoms with Crippen LogP contribution in [0.25, 0.3) is 0 Å². The van der Waals surface area contributed by atoms with Crippen molar-refractivity contribution in [1.29, 1.82) is 5.26 Å². The summed E-state index contributed by atoms with van der Waals surface area (Å²) < 4.78 is 6.73. The first kappa shape index (κ1) is 23.0. The molecule has 0 saturated carbocycles. The number of nitriles is 1. The van der Waals surface area contributed by atoms with Crippen molar-refractivity contribution in [3.63, 3.8) is 0 Å². The molecule has 1 atom stereocenters. The lowest BCUT2D eigenvalue weighted by Gasteiger charge is -2.18. The molecule has 32 heavy (non-hydrogen) atoms. The van der Waals surface area contributed by atoms with Crippen LogP contribution >= 0.6 is 15.9 Å². The fourth-order valence-electron chi connectivity index (χ4n) is 3.15. The Labute approximate surface area is 195 Å². The first-order chi connectivity index (χ1) is 15.4. The maximum atomic E-state index is 12.7. The number of anilines is 1. The van der Waals surface area contributed by atoms with Gasteiger partial charge in [0.2, 0.25) is 11.8 Å². The Morgan fingerprint density at radius 2 is 1.81 bits per heavy atom. The molecule has 0 aliphatic rings. The molecule has 2 N–H and O–H groups in total. The third-order valence-corrected chi connectivity index (χ3v) is 5.15. The van der Waals surface area contributed by atoms with Crippen LogP contribution in [0.2, 0.25) is 0 Å². The number of nitrogens with one attached hydrogen (secondary N) is 2. The van der Waals surface area contributed by atoms with Gasteiger partial charge in [-0.1, -0.05) is 46.3 Å². The fraction of sp³-hybridized carbons (Fsp3) is 0.160. The summed E-state index contributed by atoms with van der Waals surface area (Å²) in [5.41, 5.74) is 2.89. The molecular weight excluding hydrogens is 470 g/mol. The van der Waals surface area contributed by atoms with Crippen LogP contribution in [0.4, 0.5) is 5.69 Å². The largest absolute Gasteiger partial charge is 0.489 e. The van der Waals surface area contributed by atoms with Crippen LogP contribution in [0.1, 0.15) is 36.1 Å². The van der Waals surface area contributed by atoms with Gasteiger partial charge >= 0.3 is 0 Å². The standard InChI is InChI=1S/C25H22BrN3O3/c1-17(30)28-24(20-8-10-21(26)11-9-20)14-25(31)29-22-6-3-7-23(13-22)32-16-19-5-2-4-18(12-19)15-27/h2-13,24H,14,16H2,1H3,(H,28,30)(H,29,31). The topological polar surface area (TPSA) is 91.2 Å². The van der Waals surface area contributed by atoms with Crippen LogP contribution in [0.3, 0.4) is 0 Å². The highest BCUT2D eigenvalue weighted by molar-refractivity contribution is 9.10. The molecular formula is C25H22BrN3O3. The van der Waals surface area contributed by atoms with Crippen molar-refractivity contribution in [3.05, 3.63) is 94.0 Å². The molecule has 3 rings (SSSR count). The molecule has 0 aromatic heterocycles. The molecule has 162 valence electrons. The van der Waals surface area contributed by atoms with Crippen LogP contribution in [0.15, 0.2) is 77.3 Å². The predicted molar refractivity (Wildman–Crippen MR) is 126 cm³/mol. The quantitative estimate of drug-likeness (QED) is 0.458. The molecule has 2 amide bonds. The predicted octanol–water partition coefficient (Wildman–Crippen LogP) is 5.11. The molecule has 3 aromatic rings. The number of benzene rings is 3. The van der Waals surface area contributed by atoms with E-state index in [0.717, 1.165) is 15.6 Å². The van der Waals surface area contributed by atoms with E-state index in [-0.39, 0.29) is 18.2 Å². The van der Waals surface area contributed by atoms with E-state index in [1.54, 1.807) is 36.4 Å². The minimum Gasteiger partial charge on any atom is -0.489 e. The Kier molecular flexibility index (Phi) is 8.01. The SMILES string of the molecule is CC(=O)NC(CC(=O)Nc1cccc(OCc2cccc(C#N)c2)c1)c1ccc(Br)cc1. The van der Waals surface area contributed by atoms with Crippen molar-refractivity contribution in [3.8, 4) is 11.8 Å². The normalized spacial score (nSPS) is 11.2. The number of nitrogens with zero attached hydrogens (tertiary/aromatic N) is 1. The summed E-state index contributed by atoms with van der Waals surface area (Å²) in [4.78, 5) is 24.3. The molecule has 0 aliphatic heterocycles. The summed E-state index contributed by atoms with van der Waals surface area (Å²) in [6.07, 6.45) is 0.0905. The van der Waals surface area contributed by atoms with E-state index in [9.17, 15) is 9.59 Å². The summed E-state index contributed by atoms with van der Waals surface area (Å²) in [6.45, 7) is 1.73. The number of hydrogen-bond donors (Lipinski definition) is 2. The van der Waals surface area contributed by atoms with Gasteiger partial charge in [-0.05, 0) is 47.5 Å². The van der Waals surface area contributed by atoms with Crippen molar-refractivity contribution in [2.75, 3.05) is 5.32 Å². The average Bonchev–Trinajstić information content (AvgIpc) is 2.78. The Hall–Kier alpha value is -3.63. The third kappa shape index (κ3) is 6.96. The number of halogens is 1. The Bertz CT molecular complexity index is 1140. The maximum absolute atomic E-state index is 12.7. The lowest BCUT2D eigenvalue weighted by atomic mass is 10.0. The third-order valence-electron chi connectivity index (χ3n) is 4.62. The number of carbonyl (C=O) groups is 2. The molecule has 0 fully saturated rings. The number of rotatable bonds is 8. The first-order valence-corrected chi connectivity index (χ1v) is 10.8. The molecule has 6 nitrogen and oxygen atoms in total. The van der Waals surface area contributed by atoms with Crippen LogP contribution in [0, 0.1) is 11.3 Å². The number of carbonyl (C=O) groups excluding carboxylic acids is 2. The molecule has 0 bridgehead atoms. The first-order valence-electron chi connectivity index (χ1n) is 9.97. The summed E-state index contributed by atoms with van der Waals surface area (Å²) in [5.74, 6) is 0.156. The second-order valence-electron chi connectivity index (χ2n) is 7.19. The van der Waals surface area contributed by atoms with Crippen LogP contribution in [-0.2, 0) is 16.2 Å². The van der Waals surface area contributed by atoms with E-state index in [0.29, 0.717) is 23.6 Å². The molecule has 0 saturated heterocycles. The van der Waals surface area contributed by atoms with E-state index in [1.165, 1.54) is 6.92 Å². The molecule has 3 aromatic carbocycles. The summed E-state index contributed by atoms with van der Waals surface area (Å²) in [5, 5.41) is 14.7. The number of ether oxygens (including phenoxy) is 1. The Balaban J connectivity index is 1.63. The summed E-state index contributed by atoms with van der Waals surface area (Å²) in [6, 6.07) is 23.4. The van der Waals surface area contributed by atoms with Crippen molar-refractivity contribution < 1.29 is 14.3 Å². The van der Waals surface area contributed by atoms with E-state index in [1.807, 2.05) is 36.4 Å². The van der Waals surface area contributed by atoms with Gasteiger partial charge in [0.05, 0.1) is 24.1 Å². The number of amides is 2. The molecule has 0 spiro atoms. The highest BCUT2D eigenvalue weighted by atomic mass is 79.9. The number of hydrogen-bond acceptors (Lipinski definition) is 4. The zero-order chi connectivity index (χ0) is 22.9. The zero-order valence-electron chi connectivity index (χ0n) is 17.5. The van der Waals surface area contributed by atoms with Crippen LogP contribution < -0.4 is 15.4 Å².